The van der Waals surface area contributed by atoms with Gasteiger partial charge in [0.15, 0.2) is 0 Å². The number of hydrogen-bond donors (Lipinski definition) is 1. The molecule has 2 rings (SSSR count). The lowest BCUT2D eigenvalue weighted by Crippen LogP contribution is -2.27. The molecule has 0 aliphatic carbocycles. The predicted molar refractivity (Wildman–Crippen MR) is 90.2 cm³/mol. The second-order valence-corrected chi connectivity index (χ2v) is 9.16. The molecule has 7 nitrogen and oxygen atoms in total. The van der Waals surface area contributed by atoms with E-state index in [4.69, 9.17) is 5.14 Å². The summed E-state index contributed by atoms with van der Waals surface area (Å²) in [5, 5.41) is 5.01. The molecule has 24 heavy (non-hydrogen) atoms. The molecule has 9 heteroatoms. The molecule has 1 aromatic carbocycles. The second kappa shape index (κ2) is 6.60. The van der Waals surface area contributed by atoms with Crippen molar-refractivity contribution in [3.8, 4) is 0 Å². The van der Waals surface area contributed by atoms with Crippen molar-refractivity contribution < 1.29 is 16.8 Å². The number of nitrogens with zero attached hydrogens (tertiary/aromatic N) is 2. The predicted octanol–water partition coefficient (Wildman–Crippen LogP) is 1.17. The maximum absolute atomic E-state index is 12.6. The first kappa shape index (κ1) is 18.5. The lowest BCUT2D eigenvalue weighted by atomic mass is 10.2. The van der Waals surface area contributed by atoms with Gasteiger partial charge in [0.05, 0.1) is 22.0 Å². The van der Waals surface area contributed by atoms with E-state index in [0.29, 0.717) is 5.69 Å². The molecule has 0 saturated heterocycles. The molecular formula is C15H19N3O4S2. The van der Waals surface area contributed by atoms with Crippen molar-refractivity contribution in [3.63, 3.8) is 0 Å². The van der Waals surface area contributed by atoms with E-state index in [1.165, 1.54) is 35.6 Å². The third-order valence-corrected chi connectivity index (χ3v) is 6.14. The number of benzene rings is 1. The molecule has 2 aromatic rings. The highest BCUT2D eigenvalue weighted by molar-refractivity contribution is 7.89. The summed E-state index contributed by atoms with van der Waals surface area (Å²) in [6, 6.07) is 8.52. The van der Waals surface area contributed by atoms with Crippen LogP contribution in [-0.2, 0) is 26.6 Å². The molecule has 1 heterocycles. The van der Waals surface area contributed by atoms with Crippen LogP contribution < -0.4 is 5.14 Å². The summed E-state index contributed by atoms with van der Waals surface area (Å²) in [5.74, 6) is 0. The zero-order valence-corrected chi connectivity index (χ0v) is 15.2. The molecule has 0 radical (unpaired) electrons. The highest BCUT2D eigenvalue weighted by atomic mass is 32.2. The minimum Gasteiger partial charge on any atom is -0.257 e. The van der Waals surface area contributed by atoms with Crippen LogP contribution >= 0.6 is 0 Å². The molecule has 130 valence electrons. The largest absolute Gasteiger partial charge is 0.257 e. The van der Waals surface area contributed by atoms with Crippen molar-refractivity contribution in [2.75, 3.05) is 7.05 Å². The van der Waals surface area contributed by atoms with Crippen molar-refractivity contribution in [2.24, 2.45) is 5.14 Å². The maximum Gasteiger partial charge on any atom is 0.243 e. The first-order valence-electron chi connectivity index (χ1n) is 7.03. The average molecular weight is 369 g/mol. The van der Waals surface area contributed by atoms with E-state index < -0.39 is 20.0 Å². The van der Waals surface area contributed by atoms with Gasteiger partial charge in [-0.1, -0.05) is 0 Å². The fraction of sp³-hybridized carbons (Fsp3) is 0.267. The lowest BCUT2D eigenvalue weighted by molar-refractivity contribution is 0.461. The van der Waals surface area contributed by atoms with Gasteiger partial charge >= 0.3 is 0 Å². The van der Waals surface area contributed by atoms with Crippen LogP contribution in [0, 0.1) is 13.8 Å². The number of primary sulfonamides is 1. The molecule has 1 aromatic heterocycles. The number of aryl methyl sites for hydroxylation is 2. The molecule has 0 spiro atoms. The maximum atomic E-state index is 12.6. The van der Waals surface area contributed by atoms with Crippen molar-refractivity contribution >= 4 is 20.0 Å². The van der Waals surface area contributed by atoms with Gasteiger partial charge < -0.3 is 0 Å². The van der Waals surface area contributed by atoms with Crippen molar-refractivity contribution in [1.82, 2.24) is 9.29 Å². The Balaban J connectivity index is 2.29. The van der Waals surface area contributed by atoms with E-state index in [0.717, 1.165) is 11.3 Å². The smallest absolute Gasteiger partial charge is 0.243 e. The molecule has 2 N–H and O–H groups in total. The van der Waals surface area contributed by atoms with E-state index in [1.807, 2.05) is 26.0 Å². The Labute approximate surface area is 142 Å². The summed E-state index contributed by atoms with van der Waals surface area (Å²) in [5.41, 5.74) is 2.45. The number of aromatic nitrogens is 1. The Morgan fingerprint density at radius 2 is 1.54 bits per heavy atom. The molecule has 0 fully saturated rings. The van der Waals surface area contributed by atoms with Gasteiger partial charge in [-0.3, -0.25) is 4.98 Å². The van der Waals surface area contributed by atoms with Gasteiger partial charge in [0.25, 0.3) is 0 Å². The summed E-state index contributed by atoms with van der Waals surface area (Å²) in [4.78, 5) is 4.17. The van der Waals surface area contributed by atoms with Gasteiger partial charge in [-0.05, 0) is 55.8 Å². The Morgan fingerprint density at radius 3 is 2.04 bits per heavy atom. The van der Waals surface area contributed by atoms with Gasteiger partial charge in [0, 0.05) is 12.7 Å². The van der Waals surface area contributed by atoms with Gasteiger partial charge in [-0.15, -0.1) is 0 Å². The fourth-order valence-electron chi connectivity index (χ4n) is 2.30. The number of sulfonamides is 2. The molecule has 0 bridgehead atoms. The van der Waals surface area contributed by atoms with Gasteiger partial charge in [0.2, 0.25) is 20.0 Å². The monoisotopic (exact) mass is 369 g/mol. The lowest BCUT2D eigenvalue weighted by Gasteiger charge is -2.17. The number of hydrogen-bond acceptors (Lipinski definition) is 5. The van der Waals surface area contributed by atoms with E-state index in [-0.39, 0.29) is 16.3 Å². The average Bonchev–Trinajstić information content (AvgIpc) is 2.45. The molecule has 0 aliphatic rings. The number of rotatable bonds is 5. The fourth-order valence-corrected chi connectivity index (χ4v) is 3.96. The quantitative estimate of drug-likeness (QED) is 0.850. The highest BCUT2D eigenvalue weighted by Gasteiger charge is 2.22. The summed E-state index contributed by atoms with van der Waals surface area (Å²) in [6.45, 7) is 3.87. The van der Waals surface area contributed by atoms with Gasteiger partial charge in [-0.25, -0.2) is 22.0 Å². The van der Waals surface area contributed by atoms with Crippen LogP contribution in [-0.4, -0.2) is 33.2 Å². The highest BCUT2D eigenvalue weighted by Crippen LogP contribution is 2.18. The topological polar surface area (TPSA) is 110 Å². The zero-order valence-electron chi connectivity index (χ0n) is 13.6. The second-order valence-electron chi connectivity index (χ2n) is 5.55. The van der Waals surface area contributed by atoms with Crippen LogP contribution in [0.2, 0.25) is 0 Å². The molecule has 0 unspecified atom stereocenters. The van der Waals surface area contributed by atoms with Crippen LogP contribution in [0.1, 0.15) is 17.0 Å². The summed E-state index contributed by atoms with van der Waals surface area (Å²) in [6.07, 6.45) is 0. The van der Waals surface area contributed by atoms with E-state index in [1.54, 1.807) is 0 Å². The Bertz CT molecular complexity index is 932. The zero-order chi connectivity index (χ0) is 18.1. The number of nitrogens with two attached hydrogens (primary N) is 1. The Hall–Kier alpha value is -1.81. The standard InChI is InChI=1S/C15H19N3O4S2/c1-11-8-12(2)17-13(9-11)10-18(3)24(21,22)15-6-4-14(5-7-15)23(16,19)20/h4-9H,10H2,1-3H3,(H2,16,19,20). The molecular weight excluding hydrogens is 350 g/mol. The summed E-state index contributed by atoms with van der Waals surface area (Å²) < 4.78 is 48.8. The third-order valence-electron chi connectivity index (χ3n) is 3.40. The molecule has 0 atom stereocenters. The van der Waals surface area contributed by atoms with Gasteiger partial charge in [-0.2, -0.15) is 4.31 Å². The van der Waals surface area contributed by atoms with E-state index in [9.17, 15) is 16.8 Å². The van der Waals surface area contributed by atoms with Crippen molar-refractivity contribution in [1.29, 1.82) is 0 Å². The molecule has 0 aliphatic heterocycles. The summed E-state index contributed by atoms with van der Waals surface area (Å²) >= 11 is 0. The normalized spacial score (nSPS) is 12.5. The van der Waals surface area contributed by atoms with Gasteiger partial charge in [0.1, 0.15) is 0 Å². The third kappa shape index (κ3) is 4.18. The van der Waals surface area contributed by atoms with Crippen molar-refractivity contribution in [3.05, 3.63) is 53.3 Å². The SMILES string of the molecule is Cc1cc(C)nc(CN(C)S(=O)(=O)c2ccc(S(N)(=O)=O)cc2)c1. The molecule has 0 amide bonds. The van der Waals surface area contributed by atoms with Crippen LogP contribution in [0.25, 0.3) is 0 Å². The van der Waals surface area contributed by atoms with Crippen LogP contribution in [0.3, 0.4) is 0 Å². The van der Waals surface area contributed by atoms with E-state index >= 15 is 0 Å². The first-order valence-corrected chi connectivity index (χ1v) is 10.0. The first-order chi connectivity index (χ1) is 11.0. The van der Waals surface area contributed by atoms with Crippen LogP contribution in [0.4, 0.5) is 0 Å². The Morgan fingerprint density at radius 1 is 1.00 bits per heavy atom. The number of pyridine rings is 1. The molecule has 0 saturated carbocycles. The van der Waals surface area contributed by atoms with Crippen LogP contribution in [0.5, 0.6) is 0 Å². The minimum atomic E-state index is -3.86. The minimum absolute atomic E-state index is 0.0122. The van der Waals surface area contributed by atoms with Crippen molar-refractivity contribution in [2.45, 2.75) is 30.2 Å². The Kier molecular flexibility index (Phi) is 5.09. The van der Waals surface area contributed by atoms with E-state index in [2.05, 4.69) is 4.98 Å². The van der Waals surface area contributed by atoms with Crippen LogP contribution in [0.15, 0.2) is 46.2 Å². The summed E-state index contributed by atoms with van der Waals surface area (Å²) in [7, 11) is -6.18.